The number of rotatable bonds is 7. The number of hydrogen-bond donors (Lipinski definition) is 0. The van der Waals surface area contributed by atoms with Gasteiger partial charge in [-0.3, -0.25) is 4.98 Å². The van der Waals surface area contributed by atoms with Gasteiger partial charge in [0.2, 0.25) is 5.71 Å². The molecule has 4 heterocycles. The van der Waals surface area contributed by atoms with Gasteiger partial charge in [-0.2, -0.15) is 0 Å². The standard InChI is InChI=1S/C33H23FN3O.C18H24NSi.Ir/c1-19-17-23(22-12-14-24(34)15-13-22)18-20(2)30(19)37-29-10-5-4-9-28(29)36-32(37)27-8-6-7-25-26-16-11-21(3)35-33(26)38-31(25)27;1-14(2)11-16-12-17(15-9-7-6-8-10-15)19-13-18(16)20(3,4)5;/h4-7,9-18H,1-3H3;6-9,12-14H,11H2,1-5H3;/q2*-1;. The predicted molar refractivity (Wildman–Crippen MR) is 240 cm³/mol. The zero-order valence-corrected chi connectivity index (χ0v) is 38.1. The average Bonchev–Trinajstić information content (AvgIpc) is 3.76. The minimum Gasteiger partial charge on any atom is -0.486 e. The Balaban J connectivity index is 0.000000214. The first kappa shape index (κ1) is 41.6. The minimum atomic E-state index is -1.34. The van der Waals surface area contributed by atoms with Crippen molar-refractivity contribution in [3.05, 3.63) is 162 Å². The second-order valence-electron chi connectivity index (χ2n) is 16.6. The molecule has 0 N–H and O–H groups in total. The number of imidazole rings is 1. The van der Waals surface area contributed by atoms with Crippen LogP contribution >= 0.6 is 0 Å². The van der Waals surface area contributed by atoms with Gasteiger partial charge in [0.15, 0.2) is 0 Å². The molecule has 5 aromatic carbocycles. The van der Waals surface area contributed by atoms with Crippen LogP contribution in [-0.4, -0.2) is 27.6 Å². The summed E-state index contributed by atoms with van der Waals surface area (Å²) in [4.78, 5) is 14.4. The summed E-state index contributed by atoms with van der Waals surface area (Å²) in [6.07, 6.45) is 3.24. The van der Waals surface area contributed by atoms with Crippen molar-refractivity contribution in [1.29, 1.82) is 0 Å². The van der Waals surface area contributed by atoms with Crippen molar-refractivity contribution in [2.75, 3.05) is 0 Å². The van der Waals surface area contributed by atoms with Gasteiger partial charge in [0.05, 0.1) is 30.5 Å². The molecule has 0 saturated carbocycles. The number of benzene rings is 5. The molecule has 9 aromatic rings. The van der Waals surface area contributed by atoms with Gasteiger partial charge in [-0.05, 0) is 115 Å². The van der Waals surface area contributed by atoms with E-state index in [1.807, 2.05) is 73.7 Å². The number of aryl methyl sites for hydroxylation is 3. The van der Waals surface area contributed by atoms with E-state index in [4.69, 9.17) is 9.40 Å². The molecule has 0 spiro atoms. The van der Waals surface area contributed by atoms with Crippen LogP contribution in [0.15, 0.2) is 126 Å². The van der Waals surface area contributed by atoms with Crippen molar-refractivity contribution >= 4 is 46.4 Å². The summed E-state index contributed by atoms with van der Waals surface area (Å²) in [5.74, 6) is 1.18. The molecule has 0 unspecified atom stereocenters. The fourth-order valence-electron chi connectivity index (χ4n) is 7.90. The van der Waals surface area contributed by atoms with Gasteiger partial charge in [0.25, 0.3) is 0 Å². The third kappa shape index (κ3) is 8.49. The van der Waals surface area contributed by atoms with Crippen molar-refractivity contribution < 1.29 is 28.9 Å². The van der Waals surface area contributed by atoms with Crippen LogP contribution in [-0.2, 0) is 26.5 Å². The summed E-state index contributed by atoms with van der Waals surface area (Å²) in [6, 6.07) is 44.1. The summed E-state index contributed by atoms with van der Waals surface area (Å²) in [6.45, 7) is 17.9. The van der Waals surface area contributed by atoms with Crippen LogP contribution in [0.1, 0.15) is 36.2 Å². The summed E-state index contributed by atoms with van der Waals surface area (Å²) in [5.41, 5.74) is 13.8. The Morgan fingerprint density at radius 2 is 1.49 bits per heavy atom. The van der Waals surface area contributed by atoms with Crippen molar-refractivity contribution in [3.8, 4) is 39.5 Å². The number of furan rings is 1. The molecule has 5 nitrogen and oxygen atoms in total. The first-order valence-corrected chi connectivity index (χ1v) is 23.4. The number of halogens is 1. The molecule has 8 heteroatoms. The van der Waals surface area contributed by atoms with Gasteiger partial charge < -0.3 is 14.0 Å². The van der Waals surface area contributed by atoms with Crippen LogP contribution in [0.3, 0.4) is 0 Å². The summed E-state index contributed by atoms with van der Waals surface area (Å²) in [5, 5.41) is 3.45. The van der Waals surface area contributed by atoms with E-state index < -0.39 is 8.07 Å². The number of aromatic nitrogens is 4. The molecule has 0 atom stereocenters. The van der Waals surface area contributed by atoms with Crippen molar-refractivity contribution in [3.63, 3.8) is 0 Å². The quantitative estimate of drug-likeness (QED) is 0.118. The van der Waals surface area contributed by atoms with Crippen LogP contribution in [0.4, 0.5) is 4.39 Å². The molecule has 4 aromatic heterocycles. The molecule has 0 aliphatic heterocycles. The normalized spacial score (nSPS) is 11.6. The predicted octanol–water partition coefficient (Wildman–Crippen LogP) is 12.8. The Morgan fingerprint density at radius 3 is 2.19 bits per heavy atom. The van der Waals surface area contributed by atoms with Crippen molar-refractivity contribution in [2.24, 2.45) is 5.92 Å². The van der Waals surface area contributed by atoms with Gasteiger partial charge in [-0.25, -0.2) is 9.37 Å². The Labute approximate surface area is 360 Å². The summed E-state index contributed by atoms with van der Waals surface area (Å²) < 4.78 is 22.1. The maximum Gasteiger partial charge on any atom is 0.216 e. The largest absolute Gasteiger partial charge is 0.486 e. The molecule has 0 saturated heterocycles. The SMILES string of the molecule is CC(C)Cc1cc(-c2[c-]cccc2)ncc1[Si](C)(C)C.Cc1ccc2c(n1)oc1c(-c3nc4ccccc4n3-c3c(C)cc(-c4ccc(F)cc4)cc3C)[c-]ccc12.[Ir]. The van der Waals surface area contributed by atoms with E-state index >= 15 is 0 Å². The minimum absolute atomic E-state index is 0. The van der Waals surface area contributed by atoms with Crippen LogP contribution in [0.25, 0.3) is 72.6 Å². The summed E-state index contributed by atoms with van der Waals surface area (Å²) >= 11 is 0. The van der Waals surface area contributed by atoms with Crippen molar-refractivity contribution in [1.82, 2.24) is 19.5 Å². The van der Waals surface area contributed by atoms with Crippen LogP contribution < -0.4 is 5.19 Å². The third-order valence-electron chi connectivity index (χ3n) is 10.5. The zero-order chi connectivity index (χ0) is 40.7. The molecule has 0 fully saturated rings. The van der Waals surface area contributed by atoms with Crippen LogP contribution in [0.2, 0.25) is 19.6 Å². The van der Waals surface area contributed by atoms with E-state index in [2.05, 4.69) is 117 Å². The maximum atomic E-state index is 13.5. The fourth-order valence-corrected chi connectivity index (χ4v) is 9.49. The van der Waals surface area contributed by atoms with E-state index in [0.29, 0.717) is 11.6 Å². The molecular weight excluding hydrogens is 924 g/mol. The molecule has 0 amide bonds. The summed E-state index contributed by atoms with van der Waals surface area (Å²) in [7, 11) is -1.34. The van der Waals surface area contributed by atoms with Gasteiger partial charge in [0, 0.05) is 43.1 Å². The first-order chi connectivity index (χ1) is 27.9. The van der Waals surface area contributed by atoms with Crippen LogP contribution in [0.5, 0.6) is 0 Å². The number of fused-ring (bicyclic) bond motifs is 4. The van der Waals surface area contributed by atoms with E-state index in [1.54, 1.807) is 0 Å². The van der Waals surface area contributed by atoms with E-state index in [1.165, 1.54) is 22.9 Å². The van der Waals surface area contributed by atoms with E-state index in [-0.39, 0.29) is 25.9 Å². The molecule has 0 bridgehead atoms. The van der Waals surface area contributed by atoms with Gasteiger partial charge in [0.1, 0.15) is 5.82 Å². The molecule has 299 valence electrons. The molecule has 0 aliphatic rings. The number of hydrogen-bond acceptors (Lipinski definition) is 4. The average molecular weight is 971 g/mol. The topological polar surface area (TPSA) is 56.7 Å². The first-order valence-electron chi connectivity index (χ1n) is 19.9. The van der Waals surface area contributed by atoms with E-state index in [9.17, 15) is 4.39 Å². The Morgan fingerprint density at radius 1 is 0.763 bits per heavy atom. The number of nitrogens with zero attached hydrogens (tertiary/aromatic N) is 4. The Bertz CT molecular complexity index is 2910. The monoisotopic (exact) mass is 971 g/mol. The Kier molecular flexibility index (Phi) is 12.0. The van der Waals surface area contributed by atoms with Crippen LogP contribution in [0, 0.1) is 44.6 Å². The van der Waals surface area contributed by atoms with Crippen molar-refractivity contribution in [2.45, 2.75) is 60.7 Å². The van der Waals surface area contributed by atoms with Gasteiger partial charge in [-0.15, -0.1) is 54.1 Å². The van der Waals surface area contributed by atoms with E-state index in [0.717, 1.165) is 90.1 Å². The number of para-hydroxylation sites is 2. The Hall–Kier alpha value is -5.53. The second-order valence-corrected chi connectivity index (χ2v) is 21.6. The van der Waals surface area contributed by atoms with Gasteiger partial charge in [-0.1, -0.05) is 80.3 Å². The third-order valence-corrected chi connectivity index (χ3v) is 12.6. The molecule has 9 rings (SSSR count). The fraction of sp³-hybridized carbons (Fsp3) is 0.196. The van der Waals surface area contributed by atoms with Gasteiger partial charge >= 0.3 is 0 Å². The molecule has 0 aliphatic carbocycles. The molecule has 59 heavy (non-hydrogen) atoms. The maximum absolute atomic E-state index is 13.5. The number of pyridine rings is 2. The zero-order valence-electron chi connectivity index (χ0n) is 34.7. The smallest absolute Gasteiger partial charge is 0.216 e. The molecular formula is C51H47FIrN4OSi-2. The second kappa shape index (κ2) is 17.0. The molecule has 1 radical (unpaired) electrons.